The molecule has 5 nitrogen and oxygen atoms in total. The summed E-state index contributed by atoms with van der Waals surface area (Å²) in [5.41, 5.74) is 0.483. The van der Waals surface area contributed by atoms with Gasteiger partial charge in [0.2, 0.25) is 0 Å². The van der Waals surface area contributed by atoms with Crippen LogP contribution in [0.5, 0.6) is 0 Å². The Labute approximate surface area is 123 Å². The fraction of sp³-hybridized carbons (Fsp3) is 0.385. The van der Waals surface area contributed by atoms with Crippen molar-refractivity contribution in [1.29, 1.82) is 0 Å². The fourth-order valence-corrected chi connectivity index (χ4v) is 2.56. The molecule has 1 aromatic rings. The normalized spacial score (nSPS) is 16.0. The first-order valence-corrected chi connectivity index (χ1v) is 7.00. The van der Waals surface area contributed by atoms with Gasteiger partial charge in [-0.15, -0.1) is 0 Å². The number of carboxylic acids is 1. The number of halogens is 2. The summed E-state index contributed by atoms with van der Waals surface area (Å²) in [6.07, 6.45) is 0.903. The number of hydrogen-bond donors (Lipinski definition) is 2. The molecule has 0 unspecified atom stereocenters. The molecule has 7 heteroatoms. The Morgan fingerprint density at radius 2 is 2.00 bits per heavy atom. The number of nitrogens with zero attached hydrogens (tertiary/aromatic N) is 1. The fourth-order valence-electron chi connectivity index (χ4n) is 2.11. The van der Waals surface area contributed by atoms with Crippen molar-refractivity contribution in [3.05, 3.63) is 28.5 Å². The molecule has 108 valence electrons. The van der Waals surface area contributed by atoms with Crippen molar-refractivity contribution in [3.63, 3.8) is 0 Å². The van der Waals surface area contributed by atoms with Gasteiger partial charge in [0, 0.05) is 17.6 Å². The Morgan fingerprint density at radius 1 is 1.35 bits per heavy atom. The number of hydrogen-bond acceptors (Lipinski definition) is 2. The highest BCUT2D eigenvalue weighted by Gasteiger charge is 2.27. The maximum absolute atomic E-state index is 12.9. The SMILES string of the molecule is O=C(O)C1CCN(C(=O)Nc2ccc(F)cc2Br)CC1. The van der Waals surface area contributed by atoms with Crippen LogP contribution in [0.15, 0.2) is 22.7 Å². The summed E-state index contributed by atoms with van der Waals surface area (Å²) in [5.74, 6) is -1.58. The minimum atomic E-state index is -0.814. The summed E-state index contributed by atoms with van der Waals surface area (Å²) in [6, 6.07) is 3.70. The van der Waals surface area contributed by atoms with E-state index in [-0.39, 0.29) is 11.9 Å². The van der Waals surface area contributed by atoms with Crippen LogP contribution in [0.2, 0.25) is 0 Å². The zero-order valence-corrected chi connectivity index (χ0v) is 12.2. The summed E-state index contributed by atoms with van der Waals surface area (Å²) < 4.78 is 13.4. The molecule has 1 aromatic carbocycles. The molecule has 0 radical (unpaired) electrons. The lowest BCUT2D eigenvalue weighted by molar-refractivity contribution is -0.143. The molecule has 0 aliphatic carbocycles. The molecular formula is C13H14BrFN2O3. The van der Waals surface area contributed by atoms with Gasteiger partial charge in [-0.1, -0.05) is 0 Å². The predicted octanol–water partition coefficient (Wildman–Crippen LogP) is 2.92. The lowest BCUT2D eigenvalue weighted by Crippen LogP contribution is -2.42. The molecule has 0 saturated carbocycles. The van der Waals surface area contributed by atoms with E-state index in [0.29, 0.717) is 36.1 Å². The van der Waals surface area contributed by atoms with Crippen molar-refractivity contribution in [3.8, 4) is 0 Å². The number of benzene rings is 1. The van der Waals surface area contributed by atoms with Gasteiger partial charge in [-0.3, -0.25) is 4.79 Å². The highest BCUT2D eigenvalue weighted by molar-refractivity contribution is 9.10. The molecule has 0 atom stereocenters. The summed E-state index contributed by atoms with van der Waals surface area (Å²) >= 11 is 3.18. The van der Waals surface area contributed by atoms with Crippen molar-refractivity contribution in [1.82, 2.24) is 4.90 Å². The number of carboxylic acid groups (broad SMARTS) is 1. The number of amides is 2. The van der Waals surface area contributed by atoms with E-state index in [1.54, 1.807) is 4.90 Å². The Balaban J connectivity index is 1.94. The molecule has 1 aliphatic rings. The first kappa shape index (κ1) is 14.8. The van der Waals surface area contributed by atoms with Crippen LogP contribution >= 0.6 is 15.9 Å². The number of aliphatic carboxylic acids is 1. The van der Waals surface area contributed by atoms with E-state index in [1.807, 2.05) is 0 Å². The maximum atomic E-state index is 12.9. The van der Waals surface area contributed by atoms with Gasteiger partial charge in [-0.05, 0) is 47.0 Å². The smallest absolute Gasteiger partial charge is 0.321 e. The van der Waals surface area contributed by atoms with Gasteiger partial charge in [-0.2, -0.15) is 0 Å². The van der Waals surface area contributed by atoms with E-state index in [9.17, 15) is 14.0 Å². The van der Waals surface area contributed by atoms with Gasteiger partial charge in [-0.25, -0.2) is 9.18 Å². The highest BCUT2D eigenvalue weighted by atomic mass is 79.9. The second-order valence-electron chi connectivity index (χ2n) is 4.65. The van der Waals surface area contributed by atoms with Crippen molar-refractivity contribution < 1.29 is 19.1 Å². The third-order valence-corrected chi connectivity index (χ3v) is 3.96. The Morgan fingerprint density at radius 3 is 2.55 bits per heavy atom. The number of carbonyl (C=O) groups excluding carboxylic acids is 1. The zero-order valence-electron chi connectivity index (χ0n) is 10.6. The van der Waals surface area contributed by atoms with Crippen LogP contribution in [0.4, 0.5) is 14.9 Å². The summed E-state index contributed by atoms with van der Waals surface area (Å²) in [5, 5.41) is 11.6. The largest absolute Gasteiger partial charge is 0.481 e. The van der Waals surface area contributed by atoms with Crippen LogP contribution in [0.3, 0.4) is 0 Å². The molecule has 1 aliphatic heterocycles. The molecule has 20 heavy (non-hydrogen) atoms. The van der Waals surface area contributed by atoms with Crippen LogP contribution in [0, 0.1) is 11.7 Å². The van der Waals surface area contributed by atoms with Crippen molar-refractivity contribution in [2.75, 3.05) is 18.4 Å². The van der Waals surface area contributed by atoms with E-state index < -0.39 is 11.8 Å². The molecular weight excluding hydrogens is 331 g/mol. The quantitative estimate of drug-likeness (QED) is 0.866. The molecule has 2 N–H and O–H groups in total. The zero-order chi connectivity index (χ0) is 14.7. The Bertz CT molecular complexity index is 530. The van der Waals surface area contributed by atoms with Gasteiger partial charge < -0.3 is 15.3 Å². The number of likely N-dealkylation sites (tertiary alicyclic amines) is 1. The molecule has 1 heterocycles. The molecule has 0 bridgehead atoms. The second-order valence-corrected chi connectivity index (χ2v) is 5.51. The standard InChI is InChI=1S/C13H14BrFN2O3/c14-10-7-9(15)1-2-11(10)16-13(20)17-5-3-8(4-6-17)12(18)19/h1-2,7-8H,3-6H2,(H,16,20)(H,18,19). The number of anilines is 1. The van der Waals surface area contributed by atoms with E-state index in [4.69, 9.17) is 5.11 Å². The van der Waals surface area contributed by atoms with Gasteiger partial charge >= 0.3 is 12.0 Å². The summed E-state index contributed by atoms with van der Waals surface area (Å²) in [4.78, 5) is 24.4. The Kier molecular flexibility index (Phi) is 4.59. The maximum Gasteiger partial charge on any atom is 0.321 e. The average Bonchev–Trinajstić information content (AvgIpc) is 2.42. The van der Waals surface area contributed by atoms with Crippen LogP contribution in [0.1, 0.15) is 12.8 Å². The third kappa shape index (κ3) is 3.47. The van der Waals surface area contributed by atoms with Crippen LogP contribution in [-0.2, 0) is 4.79 Å². The van der Waals surface area contributed by atoms with Gasteiger partial charge in [0.05, 0.1) is 11.6 Å². The van der Waals surface area contributed by atoms with Crippen molar-refractivity contribution in [2.24, 2.45) is 5.92 Å². The van der Waals surface area contributed by atoms with E-state index in [0.717, 1.165) is 0 Å². The van der Waals surface area contributed by atoms with E-state index in [2.05, 4.69) is 21.2 Å². The monoisotopic (exact) mass is 344 g/mol. The molecule has 2 amide bonds. The highest BCUT2D eigenvalue weighted by Crippen LogP contribution is 2.24. The number of rotatable bonds is 2. The summed E-state index contributed by atoms with van der Waals surface area (Å²) in [7, 11) is 0. The Hall–Kier alpha value is -1.63. The second kappa shape index (κ2) is 6.21. The molecule has 0 spiro atoms. The van der Waals surface area contributed by atoms with Gasteiger partial charge in [0.25, 0.3) is 0 Å². The van der Waals surface area contributed by atoms with Crippen molar-refractivity contribution in [2.45, 2.75) is 12.8 Å². The van der Waals surface area contributed by atoms with E-state index >= 15 is 0 Å². The average molecular weight is 345 g/mol. The predicted molar refractivity (Wildman–Crippen MR) is 75.1 cm³/mol. The first-order chi connectivity index (χ1) is 9.47. The van der Waals surface area contributed by atoms with Gasteiger partial charge in [0.1, 0.15) is 5.82 Å². The lowest BCUT2D eigenvalue weighted by atomic mass is 9.97. The minimum absolute atomic E-state index is 0.304. The number of nitrogens with one attached hydrogen (secondary N) is 1. The topological polar surface area (TPSA) is 69.6 Å². The minimum Gasteiger partial charge on any atom is -0.481 e. The molecule has 2 rings (SSSR count). The first-order valence-electron chi connectivity index (χ1n) is 6.21. The van der Waals surface area contributed by atoms with Crippen LogP contribution in [0.25, 0.3) is 0 Å². The van der Waals surface area contributed by atoms with Crippen LogP contribution in [-0.4, -0.2) is 35.1 Å². The van der Waals surface area contributed by atoms with E-state index in [1.165, 1.54) is 18.2 Å². The molecule has 0 aromatic heterocycles. The van der Waals surface area contributed by atoms with Crippen molar-refractivity contribution >= 4 is 33.6 Å². The molecule has 1 saturated heterocycles. The number of urea groups is 1. The number of piperidine rings is 1. The number of carbonyl (C=O) groups is 2. The van der Waals surface area contributed by atoms with Gasteiger partial charge in [0.15, 0.2) is 0 Å². The third-order valence-electron chi connectivity index (χ3n) is 3.30. The van der Waals surface area contributed by atoms with Crippen LogP contribution < -0.4 is 5.32 Å². The molecule has 1 fully saturated rings. The summed E-state index contributed by atoms with van der Waals surface area (Å²) in [6.45, 7) is 0.809. The lowest BCUT2D eigenvalue weighted by Gasteiger charge is -2.30.